The fraction of sp³-hybridized carbons (Fsp3) is 0.809. The van der Waals surface area contributed by atoms with Gasteiger partial charge in [0, 0.05) is 19.6 Å². The molecule has 0 aromatic carbocycles. The fourth-order valence-corrected chi connectivity index (χ4v) is 7.04. The molecule has 0 aliphatic carbocycles. The smallest absolute Gasteiger partial charge is 0.457 e. The van der Waals surface area contributed by atoms with E-state index < -0.39 is 13.9 Å². The summed E-state index contributed by atoms with van der Waals surface area (Å²) in [5.74, 6) is -0.337. The van der Waals surface area contributed by atoms with Gasteiger partial charge in [0.05, 0.1) is 19.8 Å². The summed E-state index contributed by atoms with van der Waals surface area (Å²) >= 11 is 0. The van der Waals surface area contributed by atoms with Gasteiger partial charge < -0.3 is 20.1 Å². The highest BCUT2D eigenvalue weighted by Gasteiger charge is 2.25. The zero-order valence-electron chi connectivity index (χ0n) is 36.4. The average Bonchev–Trinajstić information content (AvgIpc) is 3.19. The standard InChI is InChI=1S/C47H88NO7P/c1-3-5-7-9-11-13-15-17-18-19-20-21-22-23-24-25-26-27-28-29-30-32-34-36-38-40-47(49)55-46(45-54-56(50,51)53-43-41-48)44-52-42-39-37-35-33-31-16-14-12-10-8-6-4-2/h10,12,15,17,19-20,22-23,46H,3-9,11,13-14,16,18,21,24-45,48H2,1-2H3,(H,50,51)/b12-10-,17-15-,20-19-,23-22-. The Hall–Kier alpha value is -1.54. The summed E-state index contributed by atoms with van der Waals surface area (Å²) in [6.45, 7) is 4.87. The highest BCUT2D eigenvalue weighted by atomic mass is 31.2. The third kappa shape index (κ3) is 43.6. The lowest BCUT2D eigenvalue weighted by Crippen LogP contribution is -2.28. The second kappa shape index (κ2) is 44.6. The number of hydrogen-bond donors (Lipinski definition) is 2. The van der Waals surface area contributed by atoms with Gasteiger partial charge in [0.15, 0.2) is 0 Å². The van der Waals surface area contributed by atoms with Crippen molar-refractivity contribution in [1.29, 1.82) is 0 Å². The molecular weight excluding hydrogens is 721 g/mol. The van der Waals surface area contributed by atoms with E-state index in [2.05, 4.69) is 62.5 Å². The molecule has 0 fully saturated rings. The van der Waals surface area contributed by atoms with Crippen LogP contribution in [0.4, 0.5) is 0 Å². The number of ether oxygens (including phenoxy) is 2. The molecule has 0 saturated heterocycles. The summed E-state index contributed by atoms with van der Waals surface area (Å²) < 4.78 is 33.4. The minimum atomic E-state index is -4.28. The maximum Gasteiger partial charge on any atom is 0.472 e. The van der Waals surface area contributed by atoms with E-state index in [1.807, 2.05) is 0 Å². The van der Waals surface area contributed by atoms with E-state index in [-0.39, 0.29) is 32.3 Å². The fourth-order valence-electron chi connectivity index (χ4n) is 6.28. The van der Waals surface area contributed by atoms with Gasteiger partial charge in [-0.3, -0.25) is 13.8 Å². The number of allylic oxidation sites excluding steroid dienone is 8. The number of esters is 1. The maximum absolute atomic E-state index is 12.6. The number of phosphoric ester groups is 1. The number of hydrogen-bond acceptors (Lipinski definition) is 7. The van der Waals surface area contributed by atoms with E-state index in [1.165, 1.54) is 141 Å². The first-order valence-electron chi connectivity index (χ1n) is 23.1. The van der Waals surface area contributed by atoms with Crippen molar-refractivity contribution in [2.75, 3.05) is 33.0 Å². The predicted octanol–water partition coefficient (Wildman–Crippen LogP) is 14.0. The van der Waals surface area contributed by atoms with Gasteiger partial charge in [-0.2, -0.15) is 0 Å². The predicted molar refractivity (Wildman–Crippen MR) is 238 cm³/mol. The molecule has 0 spiro atoms. The average molecular weight is 810 g/mol. The zero-order chi connectivity index (χ0) is 40.9. The van der Waals surface area contributed by atoms with Gasteiger partial charge in [-0.1, -0.05) is 178 Å². The minimum absolute atomic E-state index is 0.0976. The van der Waals surface area contributed by atoms with Crippen molar-refractivity contribution in [2.24, 2.45) is 5.73 Å². The van der Waals surface area contributed by atoms with Crippen LogP contribution in [0.15, 0.2) is 48.6 Å². The van der Waals surface area contributed by atoms with Gasteiger partial charge in [-0.15, -0.1) is 0 Å². The number of nitrogens with two attached hydrogens (primary N) is 1. The lowest BCUT2D eigenvalue weighted by atomic mass is 10.0. The van der Waals surface area contributed by atoms with E-state index in [0.29, 0.717) is 13.0 Å². The lowest BCUT2D eigenvalue weighted by molar-refractivity contribution is -0.154. The van der Waals surface area contributed by atoms with Crippen LogP contribution in [0.1, 0.15) is 206 Å². The van der Waals surface area contributed by atoms with Gasteiger partial charge in [0.25, 0.3) is 0 Å². The number of phosphoric acid groups is 1. The monoisotopic (exact) mass is 810 g/mol. The third-order valence-corrected chi connectivity index (χ3v) is 10.7. The Bertz CT molecular complexity index is 999. The van der Waals surface area contributed by atoms with Gasteiger partial charge in [-0.05, 0) is 70.6 Å². The van der Waals surface area contributed by atoms with Crippen LogP contribution in [-0.2, 0) is 27.9 Å². The second-order valence-electron chi connectivity index (χ2n) is 15.3. The van der Waals surface area contributed by atoms with Crippen LogP contribution >= 0.6 is 7.82 Å². The lowest BCUT2D eigenvalue weighted by Gasteiger charge is -2.20. The molecule has 0 amide bonds. The van der Waals surface area contributed by atoms with Gasteiger partial charge in [0.2, 0.25) is 0 Å². The molecule has 0 rings (SSSR count). The van der Waals surface area contributed by atoms with Crippen molar-refractivity contribution >= 4 is 13.8 Å². The first kappa shape index (κ1) is 54.5. The van der Waals surface area contributed by atoms with Crippen molar-refractivity contribution in [3.8, 4) is 0 Å². The summed E-state index contributed by atoms with van der Waals surface area (Å²) in [5, 5.41) is 0. The molecule has 328 valence electrons. The number of carbonyl (C=O) groups is 1. The summed E-state index contributed by atoms with van der Waals surface area (Å²) in [4.78, 5) is 22.5. The minimum Gasteiger partial charge on any atom is -0.457 e. The topological polar surface area (TPSA) is 117 Å². The number of carbonyl (C=O) groups excluding carboxylic acids is 1. The Morgan fingerprint density at radius 3 is 1.48 bits per heavy atom. The molecule has 8 nitrogen and oxygen atoms in total. The van der Waals surface area contributed by atoms with E-state index in [9.17, 15) is 14.3 Å². The summed E-state index contributed by atoms with van der Waals surface area (Å²) in [6, 6.07) is 0. The summed E-state index contributed by atoms with van der Waals surface area (Å²) in [6.07, 6.45) is 52.8. The summed E-state index contributed by atoms with van der Waals surface area (Å²) in [7, 11) is -4.28. The largest absolute Gasteiger partial charge is 0.472 e. The quantitative estimate of drug-likeness (QED) is 0.0270. The van der Waals surface area contributed by atoms with Crippen molar-refractivity contribution in [1.82, 2.24) is 0 Å². The molecule has 0 aromatic rings. The normalized spacial score (nSPS) is 13.9. The van der Waals surface area contributed by atoms with Crippen molar-refractivity contribution < 1.29 is 32.8 Å². The SMILES string of the molecule is CCCC/C=C\CCCCCCCCOCC(COP(=O)(O)OCCN)OC(=O)CCCCCCCCCCCC/C=C\C/C=C\C/C=C\CCCCCCC. The van der Waals surface area contributed by atoms with E-state index >= 15 is 0 Å². The van der Waals surface area contributed by atoms with Crippen LogP contribution in [0.2, 0.25) is 0 Å². The molecule has 0 aromatic heterocycles. The van der Waals surface area contributed by atoms with Crippen LogP contribution in [-0.4, -0.2) is 49.9 Å². The van der Waals surface area contributed by atoms with E-state index in [4.69, 9.17) is 24.3 Å². The molecule has 2 atom stereocenters. The Kier molecular flexibility index (Phi) is 43.3. The first-order chi connectivity index (χ1) is 27.4. The van der Waals surface area contributed by atoms with Crippen LogP contribution in [0, 0.1) is 0 Å². The molecule has 0 saturated carbocycles. The highest BCUT2D eigenvalue weighted by molar-refractivity contribution is 7.47. The Balaban J connectivity index is 3.95. The van der Waals surface area contributed by atoms with Crippen LogP contribution in [0.25, 0.3) is 0 Å². The second-order valence-corrected chi connectivity index (χ2v) is 16.7. The Morgan fingerprint density at radius 1 is 0.536 bits per heavy atom. The van der Waals surface area contributed by atoms with Gasteiger partial charge >= 0.3 is 13.8 Å². The molecular formula is C47H88NO7P. The van der Waals surface area contributed by atoms with Crippen LogP contribution < -0.4 is 5.73 Å². The van der Waals surface area contributed by atoms with Crippen molar-refractivity contribution in [2.45, 2.75) is 213 Å². The van der Waals surface area contributed by atoms with Gasteiger partial charge in [-0.25, -0.2) is 4.57 Å². The van der Waals surface area contributed by atoms with Crippen LogP contribution in [0.3, 0.4) is 0 Å². The van der Waals surface area contributed by atoms with Crippen LogP contribution in [0.5, 0.6) is 0 Å². The van der Waals surface area contributed by atoms with Crippen molar-refractivity contribution in [3.05, 3.63) is 48.6 Å². The molecule has 0 radical (unpaired) electrons. The molecule has 0 aliphatic heterocycles. The molecule has 3 N–H and O–H groups in total. The summed E-state index contributed by atoms with van der Waals surface area (Å²) in [5.41, 5.74) is 5.37. The molecule has 0 heterocycles. The van der Waals surface area contributed by atoms with Crippen molar-refractivity contribution in [3.63, 3.8) is 0 Å². The first-order valence-corrected chi connectivity index (χ1v) is 24.6. The highest BCUT2D eigenvalue weighted by Crippen LogP contribution is 2.43. The Morgan fingerprint density at radius 2 is 0.964 bits per heavy atom. The maximum atomic E-state index is 12.6. The van der Waals surface area contributed by atoms with Gasteiger partial charge in [0.1, 0.15) is 6.10 Å². The Labute approximate surface area is 345 Å². The third-order valence-electron chi connectivity index (χ3n) is 9.72. The number of unbranched alkanes of at least 4 members (excludes halogenated alkanes) is 23. The molecule has 2 unspecified atom stereocenters. The zero-order valence-corrected chi connectivity index (χ0v) is 37.3. The number of rotatable bonds is 44. The molecule has 0 bridgehead atoms. The molecule has 56 heavy (non-hydrogen) atoms. The molecule has 9 heteroatoms. The van der Waals surface area contributed by atoms with E-state index in [1.54, 1.807) is 0 Å². The molecule has 0 aliphatic rings. The van der Waals surface area contributed by atoms with E-state index in [0.717, 1.165) is 44.9 Å².